The molecule has 21 heavy (non-hydrogen) atoms. The Labute approximate surface area is 119 Å². The average Bonchev–Trinajstić information content (AvgIpc) is 2.48. The summed E-state index contributed by atoms with van der Waals surface area (Å²) in [6.45, 7) is 0.687. The van der Waals surface area contributed by atoms with Gasteiger partial charge in [-0.1, -0.05) is 6.07 Å². The van der Waals surface area contributed by atoms with Crippen molar-refractivity contribution >= 4 is 5.69 Å². The van der Waals surface area contributed by atoms with E-state index >= 15 is 0 Å². The molecule has 1 aliphatic carbocycles. The minimum absolute atomic E-state index is 0.00871. The standard InChI is InChI=1S/C16H13F3N2/c17-10-2-1-8-9(15(10)19)6-12-13-7(3-4-21-12)5-11(18)16(20)14(8)13/h1-2,5,12,21H,3-4,6,20H2/t12-/m1/s1/i17-1,18-1,19-1. The van der Waals surface area contributed by atoms with Crippen molar-refractivity contribution in [2.24, 2.45) is 0 Å². The van der Waals surface area contributed by atoms with Crippen LogP contribution in [0, 0.1) is 17.5 Å². The van der Waals surface area contributed by atoms with Crippen LogP contribution in [0.5, 0.6) is 0 Å². The van der Waals surface area contributed by atoms with E-state index in [1.165, 1.54) is 12.1 Å². The van der Waals surface area contributed by atoms with Crippen molar-refractivity contribution < 1.29 is 13.2 Å². The third-order valence-electron chi connectivity index (χ3n) is 4.45. The van der Waals surface area contributed by atoms with E-state index in [0.29, 0.717) is 30.5 Å². The molecule has 0 fully saturated rings. The maximum Gasteiger partial charge on any atom is 0.162 e. The number of nitrogens with one attached hydrogen (secondary N) is 1. The van der Waals surface area contributed by atoms with Crippen LogP contribution >= 0.6 is 0 Å². The molecule has 0 saturated heterocycles. The van der Waals surface area contributed by atoms with Gasteiger partial charge < -0.3 is 11.1 Å². The van der Waals surface area contributed by atoms with E-state index in [0.717, 1.165) is 17.2 Å². The SMILES string of the molecule is Nc1c([18F])cc2c3c1-c1ccc([18F])c([18F])c1C[C@H]3NCC2. The van der Waals surface area contributed by atoms with Gasteiger partial charge in [-0.3, -0.25) is 0 Å². The second-order valence-electron chi connectivity index (χ2n) is 5.57. The first-order valence-corrected chi connectivity index (χ1v) is 6.89. The van der Waals surface area contributed by atoms with E-state index in [4.69, 9.17) is 5.73 Å². The smallest absolute Gasteiger partial charge is 0.162 e. The van der Waals surface area contributed by atoms with Crippen molar-refractivity contribution in [3.63, 3.8) is 0 Å². The zero-order chi connectivity index (χ0) is 14.7. The maximum absolute atomic E-state index is 14.1. The summed E-state index contributed by atoms with van der Waals surface area (Å²) >= 11 is 0. The summed E-state index contributed by atoms with van der Waals surface area (Å²) in [6.07, 6.45) is 1.05. The fourth-order valence-electron chi connectivity index (χ4n) is 3.52. The predicted molar refractivity (Wildman–Crippen MR) is 74.3 cm³/mol. The summed E-state index contributed by atoms with van der Waals surface area (Å²) in [5, 5.41) is 3.28. The predicted octanol–water partition coefficient (Wildman–Crippen LogP) is 3.10. The van der Waals surface area contributed by atoms with Crippen LogP contribution < -0.4 is 11.1 Å². The van der Waals surface area contributed by atoms with Gasteiger partial charge in [-0.15, -0.1) is 0 Å². The minimum Gasteiger partial charge on any atom is -0.396 e. The van der Waals surface area contributed by atoms with E-state index in [9.17, 15) is 13.2 Å². The normalized spacial score (nSPS) is 19.1. The molecule has 0 unspecified atom stereocenters. The highest BCUT2D eigenvalue weighted by atomic mass is 18.2. The lowest BCUT2D eigenvalue weighted by Gasteiger charge is -2.35. The minimum atomic E-state index is -0.886. The fourth-order valence-corrected chi connectivity index (χ4v) is 3.52. The van der Waals surface area contributed by atoms with Gasteiger partial charge in [0, 0.05) is 17.2 Å². The molecule has 0 aromatic heterocycles. The first-order valence-electron chi connectivity index (χ1n) is 6.89. The van der Waals surface area contributed by atoms with Crippen LogP contribution in [0.15, 0.2) is 18.2 Å². The van der Waals surface area contributed by atoms with Crippen molar-refractivity contribution in [1.82, 2.24) is 5.32 Å². The van der Waals surface area contributed by atoms with Gasteiger partial charge in [0.25, 0.3) is 0 Å². The Morgan fingerprint density at radius 1 is 1.14 bits per heavy atom. The Balaban J connectivity index is 2.11. The highest BCUT2D eigenvalue weighted by Crippen LogP contribution is 2.46. The third kappa shape index (κ3) is 1.64. The van der Waals surface area contributed by atoms with Crippen LogP contribution in [-0.4, -0.2) is 6.54 Å². The lowest BCUT2D eigenvalue weighted by molar-refractivity contribution is 0.462. The average molecular weight is 287 g/mol. The topological polar surface area (TPSA) is 38.0 Å². The molecule has 1 heterocycles. The number of nitrogens with two attached hydrogens (primary N) is 1. The first kappa shape index (κ1) is 12.7. The van der Waals surface area contributed by atoms with Gasteiger partial charge in [0.05, 0.1) is 5.69 Å². The number of hydrogen-bond donors (Lipinski definition) is 2. The Morgan fingerprint density at radius 2 is 1.95 bits per heavy atom. The highest BCUT2D eigenvalue weighted by molar-refractivity contribution is 5.85. The van der Waals surface area contributed by atoms with Crippen LogP contribution in [0.2, 0.25) is 0 Å². The Hall–Kier alpha value is -2.01. The molecule has 108 valence electrons. The summed E-state index contributed by atoms with van der Waals surface area (Å²) in [5.74, 6) is -2.25. The molecule has 0 radical (unpaired) electrons. The van der Waals surface area contributed by atoms with E-state index < -0.39 is 17.5 Å². The van der Waals surface area contributed by atoms with Crippen LogP contribution in [0.4, 0.5) is 18.9 Å². The van der Waals surface area contributed by atoms with Gasteiger partial charge in [-0.2, -0.15) is 0 Å². The van der Waals surface area contributed by atoms with Crippen molar-refractivity contribution in [2.45, 2.75) is 18.9 Å². The van der Waals surface area contributed by atoms with Crippen molar-refractivity contribution in [3.05, 3.63) is 52.3 Å². The van der Waals surface area contributed by atoms with Crippen LogP contribution in [0.3, 0.4) is 0 Å². The van der Waals surface area contributed by atoms with Crippen LogP contribution in [0.1, 0.15) is 22.7 Å². The molecule has 5 heteroatoms. The second-order valence-corrected chi connectivity index (χ2v) is 5.57. The van der Waals surface area contributed by atoms with Crippen LogP contribution in [-0.2, 0) is 12.8 Å². The lowest BCUT2D eigenvalue weighted by Crippen LogP contribution is -2.34. The van der Waals surface area contributed by atoms with Gasteiger partial charge >= 0.3 is 0 Å². The number of fused-ring (bicyclic) bond motifs is 2. The van der Waals surface area contributed by atoms with Gasteiger partial charge in [-0.05, 0) is 48.2 Å². The molecular weight excluding hydrogens is 274 g/mol. The monoisotopic (exact) mass is 287 g/mol. The highest BCUT2D eigenvalue weighted by Gasteiger charge is 2.34. The molecule has 2 nitrogen and oxygen atoms in total. The van der Waals surface area contributed by atoms with Gasteiger partial charge in [0.15, 0.2) is 11.6 Å². The largest absolute Gasteiger partial charge is 0.396 e. The zero-order valence-electron chi connectivity index (χ0n) is 11.1. The molecule has 3 N–H and O–H groups in total. The summed E-state index contributed by atoms with van der Waals surface area (Å²) in [5.41, 5.74) is 9.02. The number of nitrogen functional groups attached to an aromatic ring is 1. The summed E-state index contributed by atoms with van der Waals surface area (Å²) in [6, 6.07) is 3.88. The molecule has 0 saturated carbocycles. The molecule has 4 rings (SSSR count). The second kappa shape index (κ2) is 4.24. The van der Waals surface area contributed by atoms with Crippen LogP contribution in [0.25, 0.3) is 11.1 Å². The first-order chi connectivity index (χ1) is 10.1. The molecule has 2 aromatic rings. The van der Waals surface area contributed by atoms with E-state index in [1.807, 2.05) is 0 Å². The summed E-state index contributed by atoms with van der Waals surface area (Å²) < 4.78 is 41.7. The molecule has 1 atom stereocenters. The van der Waals surface area contributed by atoms with Gasteiger partial charge in [-0.25, -0.2) is 13.2 Å². The molecule has 2 aliphatic rings. The van der Waals surface area contributed by atoms with E-state index in [-0.39, 0.29) is 17.3 Å². The summed E-state index contributed by atoms with van der Waals surface area (Å²) in [7, 11) is 0. The van der Waals surface area contributed by atoms with Gasteiger partial charge in [0.2, 0.25) is 0 Å². The number of halogens is 3. The molecule has 1 aliphatic heterocycles. The number of anilines is 1. The molecular formula is C16H13F3N2. The van der Waals surface area contributed by atoms with E-state index in [1.54, 1.807) is 0 Å². The number of hydrogen-bond acceptors (Lipinski definition) is 2. The summed E-state index contributed by atoms with van der Waals surface area (Å²) in [4.78, 5) is 0. The Kier molecular flexibility index (Phi) is 2.57. The maximum atomic E-state index is 14.1. The Bertz CT molecular complexity index is 771. The number of rotatable bonds is 0. The lowest BCUT2D eigenvalue weighted by atomic mass is 9.77. The van der Waals surface area contributed by atoms with Crippen molar-refractivity contribution in [2.75, 3.05) is 12.3 Å². The third-order valence-corrected chi connectivity index (χ3v) is 4.45. The molecule has 2 aromatic carbocycles. The molecule has 0 bridgehead atoms. The van der Waals surface area contributed by atoms with Gasteiger partial charge in [0.1, 0.15) is 5.82 Å². The molecule has 0 amide bonds. The number of benzene rings is 2. The van der Waals surface area contributed by atoms with E-state index in [2.05, 4.69) is 5.32 Å². The molecule has 0 spiro atoms. The quantitative estimate of drug-likeness (QED) is 0.731. The zero-order valence-corrected chi connectivity index (χ0v) is 11.1. The van der Waals surface area contributed by atoms with Crippen molar-refractivity contribution in [1.29, 1.82) is 0 Å². The van der Waals surface area contributed by atoms with Crippen molar-refractivity contribution in [3.8, 4) is 11.1 Å². The fraction of sp³-hybridized carbons (Fsp3) is 0.250. The Morgan fingerprint density at radius 3 is 2.76 bits per heavy atom.